The third-order valence-corrected chi connectivity index (χ3v) is 4.62. The van der Waals surface area contributed by atoms with Crippen LogP contribution in [0.3, 0.4) is 0 Å². The van der Waals surface area contributed by atoms with Crippen molar-refractivity contribution in [2.75, 3.05) is 0 Å². The summed E-state index contributed by atoms with van der Waals surface area (Å²) in [6, 6.07) is 7.54. The molecule has 2 aromatic rings. The average molecular weight is 344 g/mol. The molecule has 0 spiro atoms. The van der Waals surface area contributed by atoms with Crippen LogP contribution in [0.15, 0.2) is 46.2 Å². The van der Waals surface area contributed by atoms with E-state index in [-0.39, 0.29) is 23.0 Å². The predicted molar refractivity (Wildman–Crippen MR) is 72.7 cm³/mol. The summed E-state index contributed by atoms with van der Waals surface area (Å²) < 4.78 is 74.4. The minimum absolute atomic E-state index is 0.0184. The Morgan fingerprint density at radius 1 is 0.682 bits per heavy atom. The molecule has 0 unspecified atom stereocenters. The third-order valence-electron chi connectivity index (χ3n) is 2.87. The fourth-order valence-corrected chi connectivity index (χ4v) is 3.23. The van der Waals surface area contributed by atoms with Gasteiger partial charge >= 0.3 is 0 Å². The van der Waals surface area contributed by atoms with E-state index in [2.05, 4.69) is 0 Å². The van der Waals surface area contributed by atoms with E-state index in [0.717, 1.165) is 12.1 Å². The van der Waals surface area contributed by atoms with E-state index >= 15 is 0 Å². The second-order valence-electron chi connectivity index (χ2n) is 4.32. The SMILES string of the molecule is O=S(=O)(O)c1cccc2c1Oc1c(cccc1S(=O)(=O)O)O2. The second kappa shape index (κ2) is 4.68. The Balaban J connectivity index is 2.26. The van der Waals surface area contributed by atoms with Crippen LogP contribution in [0.2, 0.25) is 0 Å². The lowest BCUT2D eigenvalue weighted by molar-refractivity contribution is 0.340. The molecule has 1 aliphatic rings. The molecule has 3 rings (SSSR count). The molecule has 0 radical (unpaired) electrons. The Morgan fingerprint density at radius 3 is 1.45 bits per heavy atom. The van der Waals surface area contributed by atoms with Crippen LogP contribution in [-0.2, 0) is 20.2 Å². The molecule has 116 valence electrons. The van der Waals surface area contributed by atoms with Crippen LogP contribution in [0.1, 0.15) is 0 Å². The Bertz CT molecular complexity index is 897. The fraction of sp³-hybridized carbons (Fsp3) is 0. The number of hydrogen-bond donors (Lipinski definition) is 2. The first-order valence-electron chi connectivity index (χ1n) is 5.74. The zero-order valence-electron chi connectivity index (χ0n) is 10.6. The molecule has 0 saturated heterocycles. The molecule has 22 heavy (non-hydrogen) atoms. The van der Waals surface area contributed by atoms with E-state index < -0.39 is 30.0 Å². The van der Waals surface area contributed by atoms with Crippen molar-refractivity contribution in [1.29, 1.82) is 0 Å². The summed E-state index contributed by atoms with van der Waals surface area (Å²) in [5.74, 6) is -0.771. The highest BCUT2D eigenvalue weighted by Gasteiger charge is 2.31. The number of ether oxygens (including phenoxy) is 2. The largest absolute Gasteiger partial charge is 0.449 e. The quantitative estimate of drug-likeness (QED) is 0.676. The van der Waals surface area contributed by atoms with Gasteiger partial charge in [-0.25, -0.2) is 0 Å². The highest BCUT2D eigenvalue weighted by Crippen LogP contribution is 2.50. The van der Waals surface area contributed by atoms with Crippen LogP contribution in [0.25, 0.3) is 0 Å². The second-order valence-corrected chi connectivity index (χ2v) is 7.10. The molecule has 2 N–H and O–H groups in total. The van der Waals surface area contributed by atoms with Gasteiger partial charge in [0.05, 0.1) is 0 Å². The van der Waals surface area contributed by atoms with Crippen molar-refractivity contribution in [1.82, 2.24) is 0 Å². The van der Waals surface area contributed by atoms with Crippen molar-refractivity contribution < 1.29 is 35.4 Å². The standard InChI is InChI=1S/C12H8O8S2/c13-21(14,15)9-5-1-3-7-11(9)20-12-8(19-7)4-2-6-10(12)22(16,17)18/h1-6H,(H,13,14,15)(H,16,17,18). The summed E-state index contributed by atoms with van der Waals surface area (Å²) in [7, 11) is -9.22. The monoisotopic (exact) mass is 344 g/mol. The van der Waals surface area contributed by atoms with Gasteiger partial charge in [0.15, 0.2) is 23.0 Å². The van der Waals surface area contributed by atoms with Crippen LogP contribution in [0.5, 0.6) is 23.0 Å². The summed E-state index contributed by atoms with van der Waals surface area (Å²) in [6.45, 7) is 0. The van der Waals surface area contributed by atoms with Gasteiger partial charge in [0.25, 0.3) is 20.2 Å². The lowest BCUT2D eigenvalue weighted by atomic mass is 10.2. The van der Waals surface area contributed by atoms with Gasteiger partial charge in [0.2, 0.25) is 0 Å². The van der Waals surface area contributed by atoms with E-state index in [1.807, 2.05) is 0 Å². The van der Waals surface area contributed by atoms with Gasteiger partial charge in [-0.3, -0.25) is 9.11 Å². The number of hydrogen-bond acceptors (Lipinski definition) is 6. The predicted octanol–water partition coefficient (Wildman–Crippen LogP) is 2.08. The molecule has 1 aliphatic heterocycles. The minimum atomic E-state index is -4.61. The van der Waals surface area contributed by atoms with Gasteiger partial charge in [0.1, 0.15) is 9.79 Å². The Morgan fingerprint density at radius 2 is 1.09 bits per heavy atom. The van der Waals surface area contributed by atoms with Gasteiger partial charge in [-0.15, -0.1) is 0 Å². The summed E-state index contributed by atoms with van der Waals surface area (Å²) in [6.07, 6.45) is 0. The third kappa shape index (κ3) is 2.41. The van der Waals surface area contributed by atoms with Crippen LogP contribution >= 0.6 is 0 Å². The van der Waals surface area contributed by atoms with Crippen LogP contribution < -0.4 is 9.47 Å². The molecule has 1 heterocycles. The maximum absolute atomic E-state index is 11.4. The highest BCUT2D eigenvalue weighted by atomic mass is 32.2. The maximum atomic E-state index is 11.4. The molecule has 10 heteroatoms. The topological polar surface area (TPSA) is 127 Å². The van der Waals surface area contributed by atoms with Crippen molar-refractivity contribution in [3.8, 4) is 23.0 Å². The van der Waals surface area contributed by atoms with Crippen LogP contribution in [0, 0.1) is 0 Å². The normalized spacial score (nSPS) is 13.5. The summed E-state index contributed by atoms with van der Waals surface area (Å²) in [5, 5.41) is 0. The molecule has 0 aliphatic carbocycles. The lowest BCUT2D eigenvalue weighted by Crippen LogP contribution is -2.09. The summed E-state index contributed by atoms with van der Waals surface area (Å²) in [5.41, 5.74) is 0. The van der Waals surface area contributed by atoms with E-state index in [9.17, 15) is 25.9 Å². The van der Waals surface area contributed by atoms with Gasteiger partial charge in [-0.2, -0.15) is 16.8 Å². The minimum Gasteiger partial charge on any atom is -0.449 e. The Hall–Kier alpha value is -2.14. The van der Waals surface area contributed by atoms with E-state index in [0.29, 0.717) is 0 Å². The molecule has 0 saturated carbocycles. The molecule has 8 nitrogen and oxygen atoms in total. The van der Waals surface area contributed by atoms with Crippen molar-refractivity contribution in [3.63, 3.8) is 0 Å². The van der Waals surface area contributed by atoms with Gasteiger partial charge < -0.3 is 9.47 Å². The van der Waals surface area contributed by atoms with E-state index in [1.54, 1.807) is 0 Å². The van der Waals surface area contributed by atoms with Crippen molar-refractivity contribution >= 4 is 20.2 Å². The zero-order valence-corrected chi connectivity index (χ0v) is 12.3. The van der Waals surface area contributed by atoms with Gasteiger partial charge in [-0.1, -0.05) is 12.1 Å². The number of benzene rings is 2. The first kappa shape index (κ1) is 14.8. The van der Waals surface area contributed by atoms with Gasteiger partial charge in [-0.05, 0) is 24.3 Å². The zero-order chi connectivity index (χ0) is 16.1. The summed E-state index contributed by atoms with van der Waals surface area (Å²) in [4.78, 5) is -1.17. The number of para-hydroxylation sites is 2. The fourth-order valence-electron chi connectivity index (χ4n) is 1.98. The Kier molecular flexibility index (Phi) is 3.14. The average Bonchev–Trinajstić information content (AvgIpc) is 2.41. The molecule has 0 atom stereocenters. The smallest absolute Gasteiger partial charge is 0.298 e. The molecule has 0 fully saturated rings. The van der Waals surface area contributed by atoms with Crippen LogP contribution in [-0.4, -0.2) is 25.9 Å². The number of rotatable bonds is 2. The summed E-state index contributed by atoms with van der Waals surface area (Å²) >= 11 is 0. The Labute approximate surface area is 125 Å². The molecule has 0 aromatic heterocycles. The molecule has 0 amide bonds. The van der Waals surface area contributed by atoms with Crippen LogP contribution in [0.4, 0.5) is 0 Å². The van der Waals surface area contributed by atoms with Crippen molar-refractivity contribution in [3.05, 3.63) is 36.4 Å². The van der Waals surface area contributed by atoms with Crippen molar-refractivity contribution in [2.45, 2.75) is 9.79 Å². The maximum Gasteiger partial charge on any atom is 0.298 e. The molecular weight excluding hydrogens is 336 g/mol. The molecule has 0 bridgehead atoms. The van der Waals surface area contributed by atoms with Gasteiger partial charge in [0, 0.05) is 0 Å². The van der Waals surface area contributed by atoms with Crippen molar-refractivity contribution in [2.24, 2.45) is 0 Å². The van der Waals surface area contributed by atoms with E-state index in [1.165, 1.54) is 24.3 Å². The van der Waals surface area contributed by atoms with E-state index in [4.69, 9.17) is 9.47 Å². The first-order valence-corrected chi connectivity index (χ1v) is 8.62. The number of fused-ring (bicyclic) bond motifs is 2. The molecular formula is C12H8O8S2. The first-order chi connectivity index (χ1) is 10.2. The molecule has 2 aromatic carbocycles. The lowest BCUT2D eigenvalue weighted by Gasteiger charge is -2.23. The highest BCUT2D eigenvalue weighted by molar-refractivity contribution is 7.86.